The van der Waals surface area contributed by atoms with Crippen molar-refractivity contribution in [3.8, 4) is 5.82 Å². The molecule has 2 atom stereocenters. The Labute approximate surface area is 216 Å². The summed E-state index contributed by atoms with van der Waals surface area (Å²) in [4.78, 5) is 24.1. The predicted octanol–water partition coefficient (Wildman–Crippen LogP) is 4.89. The largest absolute Gasteiger partial charge is 0.352 e. The fourth-order valence-corrected chi connectivity index (χ4v) is 4.83. The van der Waals surface area contributed by atoms with E-state index >= 15 is 0 Å². The zero-order valence-corrected chi connectivity index (χ0v) is 21.1. The van der Waals surface area contributed by atoms with E-state index in [4.69, 9.17) is 12.2 Å². The molecule has 1 aliphatic heterocycles. The summed E-state index contributed by atoms with van der Waals surface area (Å²) in [6.07, 6.45) is 5.95. The minimum atomic E-state index is -0.169. The van der Waals surface area contributed by atoms with Crippen molar-refractivity contribution in [2.24, 2.45) is 0 Å². The minimum Gasteiger partial charge on any atom is -0.352 e. The first-order valence-electron chi connectivity index (χ1n) is 11.9. The molecule has 182 valence electrons. The SMILES string of the molecule is Cc1ccc(NC(=O)CCN2C(=S)N[C@@H](c3ccccn3)[C@@H]2c2cccn2-c2ccc(C)cn2)cc1. The normalized spacial score (nSPS) is 17.2. The van der Waals surface area contributed by atoms with Crippen LogP contribution >= 0.6 is 12.2 Å². The van der Waals surface area contributed by atoms with Crippen LogP contribution in [0.2, 0.25) is 0 Å². The van der Waals surface area contributed by atoms with Gasteiger partial charge in [-0.25, -0.2) is 4.98 Å². The number of anilines is 1. The molecule has 1 amide bonds. The number of aromatic nitrogens is 3. The Morgan fingerprint density at radius 3 is 2.53 bits per heavy atom. The smallest absolute Gasteiger partial charge is 0.226 e. The quantitative estimate of drug-likeness (QED) is 0.355. The van der Waals surface area contributed by atoms with Crippen LogP contribution in [0, 0.1) is 13.8 Å². The van der Waals surface area contributed by atoms with Gasteiger partial charge < -0.3 is 20.1 Å². The number of rotatable bonds is 7. The molecule has 5 rings (SSSR count). The first-order valence-corrected chi connectivity index (χ1v) is 12.4. The number of thiocarbonyl (C=S) groups is 1. The Bertz CT molecular complexity index is 1350. The summed E-state index contributed by atoms with van der Waals surface area (Å²) >= 11 is 5.77. The summed E-state index contributed by atoms with van der Waals surface area (Å²) < 4.78 is 2.08. The van der Waals surface area contributed by atoms with E-state index in [-0.39, 0.29) is 18.0 Å². The number of carbonyl (C=O) groups is 1. The summed E-state index contributed by atoms with van der Waals surface area (Å²) in [5.74, 6) is 0.771. The second kappa shape index (κ2) is 10.3. The average Bonchev–Trinajstić information content (AvgIpc) is 3.49. The molecule has 2 N–H and O–H groups in total. The van der Waals surface area contributed by atoms with Crippen LogP contribution in [0.15, 0.2) is 85.3 Å². The first kappa shape index (κ1) is 23.7. The van der Waals surface area contributed by atoms with Gasteiger partial charge in [0.15, 0.2) is 5.11 Å². The third kappa shape index (κ3) is 4.99. The second-order valence-electron chi connectivity index (χ2n) is 8.98. The van der Waals surface area contributed by atoms with E-state index in [1.165, 1.54) is 0 Å². The molecule has 0 spiro atoms. The highest BCUT2D eigenvalue weighted by Crippen LogP contribution is 2.39. The predicted molar refractivity (Wildman–Crippen MR) is 145 cm³/mol. The van der Waals surface area contributed by atoms with Crippen molar-refractivity contribution < 1.29 is 4.79 Å². The van der Waals surface area contributed by atoms with Crippen LogP contribution in [0.25, 0.3) is 5.82 Å². The van der Waals surface area contributed by atoms with Gasteiger partial charge in [0.1, 0.15) is 5.82 Å². The Morgan fingerprint density at radius 2 is 1.81 bits per heavy atom. The zero-order chi connectivity index (χ0) is 25.1. The van der Waals surface area contributed by atoms with Crippen LogP contribution in [0.4, 0.5) is 5.69 Å². The molecular formula is C28H28N6OS. The third-order valence-electron chi connectivity index (χ3n) is 6.34. The molecular weight excluding hydrogens is 468 g/mol. The van der Waals surface area contributed by atoms with Crippen molar-refractivity contribution in [2.45, 2.75) is 32.4 Å². The lowest BCUT2D eigenvalue weighted by molar-refractivity contribution is -0.116. The maximum Gasteiger partial charge on any atom is 0.226 e. The van der Waals surface area contributed by atoms with Crippen LogP contribution in [0.1, 0.15) is 41.0 Å². The van der Waals surface area contributed by atoms with Gasteiger partial charge in [-0.15, -0.1) is 0 Å². The maximum absolute atomic E-state index is 12.8. The molecule has 1 aromatic carbocycles. The number of benzene rings is 1. The lowest BCUT2D eigenvalue weighted by atomic mass is 10.0. The molecule has 0 bridgehead atoms. The van der Waals surface area contributed by atoms with Crippen LogP contribution < -0.4 is 10.6 Å². The summed E-state index contributed by atoms with van der Waals surface area (Å²) in [5.41, 5.74) is 4.95. The van der Waals surface area contributed by atoms with Gasteiger partial charge in [-0.3, -0.25) is 9.78 Å². The number of pyridine rings is 2. The Balaban J connectivity index is 1.43. The molecule has 7 nitrogen and oxygen atoms in total. The van der Waals surface area contributed by atoms with E-state index in [0.717, 1.165) is 34.0 Å². The fourth-order valence-electron chi connectivity index (χ4n) is 4.50. The molecule has 4 aromatic rings. The molecule has 36 heavy (non-hydrogen) atoms. The monoisotopic (exact) mass is 496 g/mol. The molecule has 1 saturated heterocycles. The number of hydrogen-bond donors (Lipinski definition) is 2. The van der Waals surface area contributed by atoms with E-state index in [2.05, 4.69) is 36.1 Å². The maximum atomic E-state index is 12.8. The molecule has 0 aliphatic carbocycles. The minimum absolute atomic E-state index is 0.0581. The van der Waals surface area contributed by atoms with E-state index in [9.17, 15) is 4.79 Å². The van der Waals surface area contributed by atoms with E-state index in [1.807, 2.05) is 86.9 Å². The van der Waals surface area contributed by atoms with Gasteiger partial charge in [0, 0.05) is 42.9 Å². The Hall–Kier alpha value is -4.04. The number of nitrogens with one attached hydrogen (secondary N) is 2. The molecule has 1 aliphatic rings. The molecule has 0 unspecified atom stereocenters. The number of hydrogen-bond acceptors (Lipinski definition) is 4. The Kier molecular flexibility index (Phi) is 6.77. The third-order valence-corrected chi connectivity index (χ3v) is 6.69. The highest BCUT2D eigenvalue weighted by molar-refractivity contribution is 7.80. The van der Waals surface area contributed by atoms with E-state index in [1.54, 1.807) is 6.20 Å². The lowest BCUT2D eigenvalue weighted by Gasteiger charge is -2.28. The zero-order valence-electron chi connectivity index (χ0n) is 20.3. The molecule has 1 fully saturated rings. The molecule has 0 radical (unpaired) electrons. The average molecular weight is 497 g/mol. The highest BCUT2D eigenvalue weighted by atomic mass is 32.1. The topological polar surface area (TPSA) is 75.1 Å². The summed E-state index contributed by atoms with van der Waals surface area (Å²) in [5, 5.41) is 7.04. The van der Waals surface area contributed by atoms with Crippen LogP contribution in [0.3, 0.4) is 0 Å². The van der Waals surface area contributed by atoms with Gasteiger partial charge in [-0.2, -0.15) is 0 Å². The molecule has 0 saturated carbocycles. The van der Waals surface area contributed by atoms with Crippen molar-refractivity contribution in [2.75, 3.05) is 11.9 Å². The van der Waals surface area contributed by atoms with Gasteiger partial charge in [0.2, 0.25) is 5.91 Å². The molecule has 3 aromatic heterocycles. The van der Waals surface area contributed by atoms with Crippen LogP contribution in [-0.4, -0.2) is 37.0 Å². The van der Waals surface area contributed by atoms with Crippen molar-refractivity contribution >= 4 is 28.9 Å². The number of carbonyl (C=O) groups excluding carboxylic acids is 1. The first-order chi connectivity index (χ1) is 17.5. The van der Waals surface area contributed by atoms with Gasteiger partial charge in [-0.1, -0.05) is 29.8 Å². The van der Waals surface area contributed by atoms with Gasteiger partial charge in [0.25, 0.3) is 0 Å². The second-order valence-corrected chi connectivity index (χ2v) is 9.37. The van der Waals surface area contributed by atoms with E-state index < -0.39 is 0 Å². The number of amides is 1. The van der Waals surface area contributed by atoms with Crippen LogP contribution in [-0.2, 0) is 4.79 Å². The van der Waals surface area contributed by atoms with Gasteiger partial charge in [0.05, 0.1) is 17.8 Å². The van der Waals surface area contributed by atoms with E-state index in [0.29, 0.717) is 18.1 Å². The fraction of sp³-hybridized carbons (Fsp3) is 0.214. The lowest BCUT2D eigenvalue weighted by Crippen LogP contribution is -2.33. The number of aryl methyl sites for hydroxylation is 2. The van der Waals surface area contributed by atoms with Gasteiger partial charge in [-0.05, 0) is 74.1 Å². The van der Waals surface area contributed by atoms with Crippen molar-refractivity contribution in [3.05, 3.63) is 108 Å². The van der Waals surface area contributed by atoms with Crippen molar-refractivity contribution in [1.29, 1.82) is 0 Å². The highest BCUT2D eigenvalue weighted by Gasteiger charge is 2.41. The molecule has 4 heterocycles. The van der Waals surface area contributed by atoms with Crippen molar-refractivity contribution in [1.82, 2.24) is 24.8 Å². The van der Waals surface area contributed by atoms with Crippen LogP contribution in [0.5, 0.6) is 0 Å². The van der Waals surface area contributed by atoms with Gasteiger partial charge >= 0.3 is 0 Å². The number of nitrogens with zero attached hydrogens (tertiary/aromatic N) is 4. The standard InChI is InChI=1S/C28H28N6OS/c1-19-8-11-21(12-9-19)31-25(35)14-17-34-27(26(32-28(34)36)22-6-3-4-15-29-22)23-7-5-16-33(23)24-13-10-20(2)18-30-24/h3-13,15-16,18,26-27H,14,17H2,1-2H3,(H,31,35)(H,32,36)/t26-,27-/m0/s1. The summed E-state index contributed by atoms with van der Waals surface area (Å²) in [6.45, 7) is 4.50. The molecule has 8 heteroatoms. The summed E-state index contributed by atoms with van der Waals surface area (Å²) in [6, 6.07) is 21.5. The summed E-state index contributed by atoms with van der Waals surface area (Å²) in [7, 11) is 0. The Morgan fingerprint density at radius 1 is 1.00 bits per heavy atom. The van der Waals surface area contributed by atoms with Crippen molar-refractivity contribution in [3.63, 3.8) is 0 Å².